The van der Waals surface area contributed by atoms with Gasteiger partial charge in [-0.05, 0) is 36.7 Å². The summed E-state index contributed by atoms with van der Waals surface area (Å²) in [5.41, 5.74) is 0.320. The number of aromatic nitrogens is 2. The van der Waals surface area contributed by atoms with Crippen LogP contribution in [0.15, 0.2) is 41.1 Å². The predicted octanol–water partition coefficient (Wildman–Crippen LogP) is 4.10. The minimum atomic E-state index is -0.540. The number of halogens is 1. The molecule has 2 rings (SSSR count). The van der Waals surface area contributed by atoms with Crippen LogP contribution < -0.4 is 0 Å². The number of carbonyl (C=O) groups excluding carboxylic acids is 1. The average Bonchev–Trinajstić information content (AvgIpc) is 2.70. The molecule has 0 fully saturated rings. The fourth-order valence-electron chi connectivity index (χ4n) is 1.59. The van der Waals surface area contributed by atoms with Crippen LogP contribution in [-0.4, -0.2) is 21.2 Å². The fraction of sp³-hybridized carbons (Fsp3) is 0.286. The van der Waals surface area contributed by atoms with Crippen LogP contribution in [0.25, 0.3) is 11.4 Å². The second-order valence-corrected chi connectivity index (χ2v) is 5.92. The third-order valence-corrected chi connectivity index (χ3v) is 2.68. The van der Waals surface area contributed by atoms with Gasteiger partial charge in [0.05, 0.1) is 6.20 Å². The van der Waals surface area contributed by atoms with Crippen molar-refractivity contribution in [1.29, 1.82) is 0 Å². The van der Waals surface area contributed by atoms with E-state index in [1.807, 2.05) is 51.1 Å². The van der Waals surface area contributed by atoms with Crippen molar-refractivity contribution in [3.8, 4) is 11.4 Å². The number of benzene rings is 1. The molecule has 0 N–H and O–H groups in total. The van der Waals surface area contributed by atoms with Gasteiger partial charge in [-0.1, -0.05) is 30.3 Å². The van der Waals surface area contributed by atoms with E-state index in [1.54, 1.807) is 6.20 Å². The highest BCUT2D eigenvalue weighted by molar-refractivity contribution is 9.10. The molecule has 4 nitrogen and oxygen atoms in total. The molecule has 0 amide bonds. The Morgan fingerprint density at radius 3 is 2.47 bits per heavy atom. The molecule has 1 aromatic carbocycles. The lowest BCUT2D eigenvalue weighted by Gasteiger charge is -2.20. The molecule has 0 bridgehead atoms. The molecule has 5 heteroatoms. The number of hydrogen-bond acceptors (Lipinski definition) is 3. The first-order valence-corrected chi connectivity index (χ1v) is 6.70. The number of ether oxygens (including phenoxy) is 1. The highest BCUT2D eigenvalue weighted by Crippen LogP contribution is 2.22. The summed E-state index contributed by atoms with van der Waals surface area (Å²) in [6.07, 6.45) is 1.17. The molecule has 19 heavy (non-hydrogen) atoms. The first-order chi connectivity index (χ1) is 8.87. The minimum absolute atomic E-state index is 0.440. The van der Waals surface area contributed by atoms with Gasteiger partial charge >= 0.3 is 6.09 Å². The molecule has 1 aromatic heterocycles. The van der Waals surface area contributed by atoms with Crippen LogP contribution in [0, 0.1) is 0 Å². The largest absolute Gasteiger partial charge is 0.443 e. The van der Waals surface area contributed by atoms with Crippen LogP contribution in [0.1, 0.15) is 20.8 Å². The van der Waals surface area contributed by atoms with E-state index in [0.717, 1.165) is 5.56 Å². The summed E-state index contributed by atoms with van der Waals surface area (Å²) < 4.78 is 7.36. The third kappa shape index (κ3) is 3.44. The Morgan fingerprint density at radius 1 is 1.26 bits per heavy atom. The van der Waals surface area contributed by atoms with Crippen molar-refractivity contribution in [2.75, 3.05) is 0 Å². The first kappa shape index (κ1) is 13.8. The lowest BCUT2D eigenvalue weighted by molar-refractivity contribution is 0.0539. The van der Waals surface area contributed by atoms with Crippen molar-refractivity contribution >= 4 is 22.0 Å². The predicted molar refractivity (Wildman–Crippen MR) is 77.0 cm³/mol. The lowest BCUT2D eigenvalue weighted by Crippen LogP contribution is -2.27. The lowest BCUT2D eigenvalue weighted by atomic mass is 10.2. The first-order valence-electron chi connectivity index (χ1n) is 5.90. The van der Waals surface area contributed by atoms with E-state index in [9.17, 15) is 4.79 Å². The van der Waals surface area contributed by atoms with Crippen molar-refractivity contribution in [2.24, 2.45) is 0 Å². The van der Waals surface area contributed by atoms with Crippen LogP contribution in [-0.2, 0) is 4.74 Å². The highest BCUT2D eigenvalue weighted by atomic mass is 79.9. The highest BCUT2D eigenvalue weighted by Gasteiger charge is 2.21. The fourth-order valence-corrected chi connectivity index (χ4v) is 1.97. The number of carbonyl (C=O) groups is 1. The Morgan fingerprint density at radius 2 is 1.89 bits per heavy atom. The van der Waals surface area contributed by atoms with Crippen molar-refractivity contribution < 1.29 is 9.53 Å². The molecule has 1 heterocycles. The van der Waals surface area contributed by atoms with Crippen LogP contribution >= 0.6 is 15.9 Å². The van der Waals surface area contributed by atoms with E-state index >= 15 is 0 Å². The van der Waals surface area contributed by atoms with Gasteiger partial charge in [0.15, 0.2) is 5.82 Å². The summed E-state index contributed by atoms with van der Waals surface area (Å²) >= 11 is 3.29. The summed E-state index contributed by atoms with van der Waals surface area (Å²) in [6, 6.07) is 9.51. The van der Waals surface area contributed by atoms with Crippen LogP contribution in [0.2, 0.25) is 0 Å². The van der Waals surface area contributed by atoms with Crippen LogP contribution in [0.4, 0.5) is 4.79 Å². The summed E-state index contributed by atoms with van der Waals surface area (Å²) in [5.74, 6) is 0.557. The van der Waals surface area contributed by atoms with E-state index in [-0.39, 0.29) is 0 Å². The number of rotatable bonds is 1. The molecule has 2 aromatic rings. The number of nitrogens with zero attached hydrogens (tertiary/aromatic N) is 2. The van der Waals surface area contributed by atoms with E-state index in [2.05, 4.69) is 20.9 Å². The topological polar surface area (TPSA) is 44.1 Å². The van der Waals surface area contributed by atoms with Crippen molar-refractivity contribution in [3.63, 3.8) is 0 Å². The minimum Gasteiger partial charge on any atom is -0.443 e. The summed E-state index contributed by atoms with van der Waals surface area (Å²) in [7, 11) is 0. The SMILES string of the molecule is CC(C)(C)OC(=O)n1cc(Br)nc1-c1ccccc1. The molecule has 0 saturated heterocycles. The number of imidazole rings is 1. The quantitative estimate of drug-likeness (QED) is 0.794. The average molecular weight is 323 g/mol. The smallest absolute Gasteiger partial charge is 0.420 e. The van der Waals surface area contributed by atoms with Crippen LogP contribution in [0.3, 0.4) is 0 Å². The van der Waals surface area contributed by atoms with Gasteiger partial charge < -0.3 is 4.74 Å². The molecule has 0 atom stereocenters. The van der Waals surface area contributed by atoms with Gasteiger partial charge in [-0.15, -0.1) is 0 Å². The van der Waals surface area contributed by atoms with Gasteiger partial charge in [-0.3, -0.25) is 0 Å². The summed E-state index contributed by atoms with van der Waals surface area (Å²) in [6.45, 7) is 5.50. The second kappa shape index (κ2) is 5.17. The Kier molecular flexibility index (Phi) is 3.75. The molecule has 0 unspecified atom stereocenters. The molecular weight excluding hydrogens is 308 g/mol. The maximum Gasteiger partial charge on any atom is 0.420 e. The Bertz CT molecular complexity index is 585. The van der Waals surface area contributed by atoms with E-state index < -0.39 is 11.7 Å². The molecule has 0 radical (unpaired) electrons. The molecular formula is C14H15BrN2O2. The molecule has 0 spiro atoms. The van der Waals surface area contributed by atoms with Crippen molar-refractivity contribution in [1.82, 2.24) is 9.55 Å². The summed E-state index contributed by atoms with van der Waals surface area (Å²) in [5, 5.41) is 0. The standard InChI is InChI=1S/C14H15BrN2O2/c1-14(2,3)19-13(18)17-9-11(15)16-12(17)10-7-5-4-6-8-10/h4-9H,1-3H3. The van der Waals surface area contributed by atoms with Crippen molar-refractivity contribution in [2.45, 2.75) is 26.4 Å². The van der Waals surface area contributed by atoms with Gasteiger partial charge in [0.1, 0.15) is 10.2 Å². The normalized spacial score (nSPS) is 11.4. The molecule has 0 aliphatic carbocycles. The Labute approximate surface area is 120 Å². The maximum atomic E-state index is 12.1. The molecule has 0 saturated carbocycles. The molecule has 0 aliphatic rings. The van der Waals surface area contributed by atoms with E-state index in [1.165, 1.54) is 4.57 Å². The zero-order valence-electron chi connectivity index (χ0n) is 11.1. The third-order valence-electron chi connectivity index (χ3n) is 2.30. The zero-order valence-corrected chi connectivity index (χ0v) is 12.6. The zero-order chi connectivity index (χ0) is 14.0. The molecule has 100 valence electrons. The summed E-state index contributed by atoms with van der Waals surface area (Å²) in [4.78, 5) is 16.5. The van der Waals surface area contributed by atoms with E-state index in [0.29, 0.717) is 10.4 Å². The monoisotopic (exact) mass is 322 g/mol. The van der Waals surface area contributed by atoms with Gasteiger partial charge in [-0.2, -0.15) is 0 Å². The number of hydrogen-bond donors (Lipinski definition) is 0. The van der Waals surface area contributed by atoms with Gasteiger partial charge in [0.2, 0.25) is 0 Å². The van der Waals surface area contributed by atoms with Gasteiger partial charge in [-0.25, -0.2) is 14.3 Å². The van der Waals surface area contributed by atoms with E-state index in [4.69, 9.17) is 4.74 Å². The Balaban J connectivity index is 2.40. The van der Waals surface area contributed by atoms with Gasteiger partial charge in [0, 0.05) is 5.56 Å². The van der Waals surface area contributed by atoms with Gasteiger partial charge in [0.25, 0.3) is 0 Å². The maximum absolute atomic E-state index is 12.1. The Hall–Kier alpha value is -1.62. The van der Waals surface area contributed by atoms with Crippen molar-refractivity contribution in [3.05, 3.63) is 41.1 Å². The second-order valence-electron chi connectivity index (χ2n) is 5.10. The van der Waals surface area contributed by atoms with Crippen LogP contribution in [0.5, 0.6) is 0 Å². The molecule has 0 aliphatic heterocycles.